The molecule has 1 fully saturated rings. The number of aromatic nitrogens is 1. The van der Waals surface area contributed by atoms with Gasteiger partial charge in [0.1, 0.15) is 5.82 Å². The first-order valence-electron chi connectivity index (χ1n) is 3.97. The maximum Gasteiger partial charge on any atom is 0.144 e. The molecular formula is C8H12N4. The summed E-state index contributed by atoms with van der Waals surface area (Å²) in [5.41, 5.74) is 9.41. The van der Waals surface area contributed by atoms with Crippen molar-refractivity contribution in [3.05, 3.63) is 23.9 Å². The van der Waals surface area contributed by atoms with E-state index in [1.54, 1.807) is 6.20 Å². The van der Waals surface area contributed by atoms with Crippen LogP contribution in [0.15, 0.2) is 18.3 Å². The van der Waals surface area contributed by atoms with E-state index in [-0.39, 0.29) is 5.54 Å². The molecule has 12 heavy (non-hydrogen) atoms. The Bertz CT molecular complexity index is 293. The maximum atomic E-state index is 6.01. The van der Waals surface area contributed by atoms with Crippen LogP contribution < -0.4 is 17.0 Å². The summed E-state index contributed by atoms with van der Waals surface area (Å²) < 4.78 is 0. The first kappa shape index (κ1) is 7.52. The molecule has 0 aromatic carbocycles. The van der Waals surface area contributed by atoms with E-state index in [1.165, 1.54) is 0 Å². The van der Waals surface area contributed by atoms with Gasteiger partial charge in [0.15, 0.2) is 0 Å². The third-order valence-electron chi connectivity index (χ3n) is 2.27. The van der Waals surface area contributed by atoms with Gasteiger partial charge < -0.3 is 11.2 Å². The van der Waals surface area contributed by atoms with Crippen LogP contribution in [0.25, 0.3) is 0 Å². The van der Waals surface area contributed by atoms with Crippen LogP contribution in [-0.2, 0) is 5.54 Å². The predicted molar refractivity (Wildman–Crippen MR) is 47.1 cm³/mol. The molecule has 0 amide bonds. The molecule has 1 aromatic heterocycles. The molecule has 1 heterocycles. The number of pyridine rings is 1. The summed E-state index contributed by atoms with van der Waals surface area (Å²) in [4.78, 5) is 4.09. The largest absolute Gasteiger partial charge is 0.321 e. The van der Waals surface area contributed by atoms with E-state index >= 15 is 0 Å². The van der Waals surface area contributed by atoms with Gasteiger partial charge in [-0.25, -0.2) is 10.8 Å². The molecule has 0 saturated heterocycles. The molecule has 5 N–H and O–H groups in total. The summed E-state index contributed by atoms with van der Waals surface area (Å²) >= 11 is 0. The average molecular weight is 164 g/mol. The van der Waals surface area contributed by atoms with E-state index in [0.29, 0.717) is 5.82 Å². The topological polar surface area (TPSA) is 77.0 Å². The van der Waals surface area contributed by atoms with Crippen molar-refractivity contribution >= 4 is 5.82 Å². The molecule has 4 heteroatoms. The lowest BCUT2D eigenvalue weighted by Crippen LogP contribution is -2.22. The van der Waals surface area contributed by atoms with Gasteiger partial charge in [-0.2, -0.15) is 0 Å². The molecule has 4 nitrogen and oxygen atoms in total. The second-order valence-electron chi connectivity index (χ2n) is 3.20. The van der Waals surface area contributed by atoms with Crippen LogP contribution in [0, 0.1) is 0 Å². The summed E-state index contributed by atoms with van der Waals surface area (Å²) in [5, 5.41) is 0. The van der Waals surface area contributed by atoms with Crippen LogP contribution in [0.3, 0.4) is 0 Å². The second kappa shape index (κ2) is 2.43. The van der Waals surface area contributed by atoms with E-state index in [1.807, 2.05) is 12.1 Å². The SMILES string of the molecule is NNc1ncccc1C1(N)CC1. The van der Waals surface area contributed by atoms with E-state index in [4.69, 9.17) is 11.6 Å². The van der Waals surface area contributed by atoms with E-state index in [0.717, 1.165) is 18.4 Å². The van der Waals surface area contributed by atoms with Gasteiger partial charge in [-0.3, -0.25) is 0 Å². The molecule has 0 bridgehead atoms. The second-order valence-corrected chi connectivity index (χ2v) is 3.20. The number of hydrogen-bond donors (Lipinski definition) is 3. The van der Waals surface area contributed by atoms with Gasteiger partial charge in [0.05, 0.1) is 0 Å². The Morgan fingerprint density at radius 2 is 2.25 bits per heavy atom. The standard InChI is InChI=1S/C8H12N4/c9-8(3-4-8)6-2-1-5-11-7(6)12-10/h1-2,5H,3-4,9-10H2,(H,11,12). The van der Waals surface area contributed by atoms with Gasteiger partial charge in [0.2, 0.25) is 0 Å². The fourth-order valence-electron chi connectivity index (χ4n) is 1.33. The van der Waals surface area contributed by atoms with Crippen molar-refractivity contribution in [2.24, 2.45) is 11.6 Å². The number of nitrogen functional groups attached to an aromatic ring is 1. The van der Waals surface area contributed by atoms with Gasteiger partial charge in [-0.1, -0.05) is 6.07 Å². The number of nitrogens with two attached hydrogens (primary N) is 2. The number of hydrogen-bond acceptors (Lipinski definition) is 4. The fraction of sp³-hybridized carbons (Fsp3) is 0.375. The smallest absolute Gasteiger partial charge is 0.144 e. The molecule has 0 spiro atoms. The molecular weight excluding hydrogens is 152 g/mol. The summed E-state index contributed by atoms with van der Waals surface area (Å²) in [6, 6.07) is 3.85. The molecule has 0 unspecified atom stereocenters. The maximum absolute atomic E-state index is 6.01. The Kier molecular flexibility index (Phi) is 1.52. The zero-order chi connectivity index (χ0) is 8.60. The van der Waals surface area contributed by atoms with Crippen LogP contribution in [-0.4, -0.2) is 4.98 Å². The first-order valence-corrected chi connectivity index (χ1v) is 3.97. The number of hydrazine groups is 1. The van der Waals surface area contributed by atoms with E-state index in [2.05, 4.69) is 10.4 Å². The minimum absolute atomic E-state index is 0.171. The Morgan fingerprint density at radius 3 is 2.83 bits per heavy atom. The van der Waals surface area contributed by atoms with Crippen molar-refractivity contribution in [3.63, 3.8) is 0 Å². The van der Waals surface area contributed by atoms with Gasteiger partial charge in [-0.15, -0.1) is 0 Å². The normalized spacial score (nSPS) is 18.8. The molecule has 1 saturated carbocycles. The molecule has 1 aliphatic carbocycles. The van der Waals surface area contributed by atoms with E-state index in [9.17, 15) is 0 Å². The predicted octanol–water partition coefficient (Wildman–Crippen LogP) is 0.315. The molecule has 1 aliphatic rings. The third kappa shape index (κ3) is 1.05. The number of nitrogens with one attached hydrogen (secondary N) is 1. The van der Waals surface area contributed by atoms with Crippen LogP contribution >= 0.6 is 0 Å². The minimum Gasteiger partial charge on any atom is -0.321 e. The fourth-order valence-corrected chi connectivity index (χ4v) is 1.33. The molecule has 64 valence electrons. The van der Waals surface area contributed by atoms with Crippen molar-refractivity contribution in [1.82, 2.24) is 4.98 Å². The Balaban J connectivity index is 2.42. The van der Waals surface area contributed by atoms with E-state index < -0.39 is 0 Å². The lowest BCUT2D eigenvalue weighted by atomic mass is 10.1. The Labute approximate surface area is 70.9 Å². The van der Waals surface area contributed by atoms with Crippen LogP contribution in [0.1, 0.15) is 18.4 Å². The monoisotopic (exact) mass is 164 g/mol. The van der Waals surface area contributed by atoms with Crippen LogP contribution in [0.4, 0.5) is 5.82 Å². The summed E-state index contributed by atoms with van der Waals surface area (Å²) in [7, 11) is 0. The lowest BCUT2D eigenvalue weighted by Gasteiger charge is -2.12. The first-order chi connectivity index (χ1) is 5.76. The number of nitrogens with zero attached hydrogens (tertiary/aromatic N) is 1. The van der Waals surface area contributed by atoms with Crippen molar-refractivity contribution in [2.75, 3.05) is 5.43 Å². The van der Waals surface area contributed by atoms with Gasteiger partial charge in [0.25, 0.3) is 0 Å². The summed E-state index contributed by atoms with van der Waals surface area (Å²) in [6.07, 6.45) is 3.74. The quantitative estimate of drug-likeness (QED) is 0.434. The lowest BCUT2D eigenvalue weighted by molar-refractivity contribution is 0.737. The van der Waals surface area contributed by atoms with Gasteiger partial charge >= 0.3 is 0 Å². The van der Waals surface area contributed by atoms with Crippen molar-refractivity contribution in [2.45, 2.75) is 18.4 Å². The molecule has 0 aliphatic heterocycles. The van der Waals surface area contributed by atoms with Crippen molar-refractivity contribution in [3.8, 4) is 0 Å². The third-order valence-corrected chi connectivity index (χ3v) is 2.27. The highest BCUT2D eigenvalue weighted by Crippen LogP contribution is 2.44. The highest BCUT2D eigenvalue weighted by Gasteiger charge is 2.41. The average Bonchev–Trinajstić information content (AvgIpc) is 2.85. The Morgan fingerprint density at radius 1 is 1.50 bits per heavy atom. The molecule has 0 radical (unpaired) electrons. The van der Waals surface area contributed by atoms with Crippen molar-refractivity contribution < 1.29 is 0 Å². The Hall–Kier alpha value is -1.13. The highest BCUT2D eigenvalue weighted by molar-refractivity contribution is 5.49. The van der Waals surface area contributed by atoms with Crippen molar-refractivity contribution in [1.29, 1.82) is 0 Å². The number of anilines is 1. The van der Waals surface area contributed by atoms with Crippen LogP contribution in [0.5, 0.6) is 0 Å². The summed E-state index contributed by atoms with van der Waals surface area (Å²) in [6.45, 7) is 0. The van der Waals surface area contributed by atoms with Gasteiger partial charge in [-0.05, 0) is 18.9 Å². The zero-order valence-electron chi connectivity index (χ0n) is 6.75. The molecule has 1 aromatic rings. The number of rotatable bonds is 2. The minimum atomic E-state index is -0.171. The van der Waals surface area contributed by atoms with Crippen LogP contribution in [0.2, 0.25) is 0 Å². The molecule has 0 atom stereocenters. The zero-order valence-corrected chi connectivity index (χ0v) is 6.75. The van der Waals surface area contributed by atoms with Gasteiger partial charge in [0, 0.05) is 17.3 Å². The molecule has 2 rings (SSSR count). The summed E-state index contributed by atoms with van der Waals surface area (Å²) in [5.74, 6) is 6.00. The highest BCUT2D eigenvalue weighted by atomic mass is 15.3.